The average molecular weight is 245 g/mol. The summed E-state index contributed by atoms with van der Waals surface area (Å²) in [6.07, 6.45) is 4.06. The minimum Gasteiger partial charge on any atom is -0.387 e. The molecule has 2 aromatic rings. The molecule has 0 atom stereocenters. The molecule has 0 aliphatic carbocycles. The largest absolute Gasteiger partial charge is 0.387 e. The second-order valence-corrected chi connectivity index (χ2v) is 5.60. The molecule has 96 valence electrons. The van der Waals surface area contributed by atoms with Gasteiger partial charge in [0, 0.05) is 32.0 Å². The molecule has 3 rings (SSSR count). The molecule has 1 aliphatic heterocycles. The Labute approximate surface area is 107 Å². The summed E-state index contributed by atoms with van der Waals surface area (Å²) in [5.74, 6) is 0.315. The average Bonchev–Trinajstić information content (AvgIpc) is 2.68. The van der Waals surface area contributed by atoms with Crippen LogP contribution in [0.15, 0.2) is 30.6 Å². The predicted molar refractivity (Wildman–Crippen MR) is 70.3 cm³/mol. The fourth-order valence-corrected chi connectivity index (χ4v) is 2.50. The van der Waals surface area contributed by atoms with Crippen molar-refractivity contribution in [3.63, 3.8) is 0 Å². The number of rotatable bonds is 3. The Morgan fingerprint density at radius 2 is 2.17 bits per heavy atom. The highest BCUT2D eigenvalue weighted by Crippen LogP contribution is 2.29. The Bertz CT molecular complexity index is 522. The number of imidazole rings is 1. The molecule has 0 spiro atoms. The first kappa shape index (κ1) is 11.7. The van der Waals surface area contributed by atoms with Crippen LogP contribution in [0.2, 0.25) is 0 Å². The van der Waals surface area contributed by atoms with E-state index in [1.165, 1.54) is 0 Å². The summed E-state index contributed by atoms with van der Waals surface area (Å²) in [4.78, 5) is 6.80. The summed E-state index contributed by atoms with van der Waals surface area (Å²) >= 11 is 0. The Kier molecular flexibility index (Phi) is 2.64. The van der Waals surface area contributed by atoms with Crippen LogP contribution in [0.5, 0.6) is 0 Å². The summed E-state index contributed by atoms with van der Waals surface area (Å²) in [5, 5.41) is 10.2. The van der Waals surface area contributed by atoms with Gasteiger partial charge in [0.15, 0.2) is 0 Å². The van der Waals surface area contributed by atoms with Gasteiger partial charge in [-0.25, -0.2) is 4.98 Å². The van der Waals surface area contributed by atoms with Crippen molar-refractivity contribution in [2.24, 2.45) is 5.92 Å². The molecule has 0 amide bonds. The number of aromatic nitrogens is 2. The smallest absolute Gasteiger partial charge is 0.137 e. The number of nitrogens with zero attached hydrogens (tertiary/aromatic N) is 3. The highest BCUT2D eigenvalue weighted by molar-refractivity contribution is 5.39. The molecule has 1 saturated heterocycles. The van der Waals surface area contributed by atoms with Crippen molar-refractivity contribution >= 4 is 5.65 Å². The molecule has 0 aromatic carbocycles. The first-order valence-corrected chi connectivity index (χ1v) is 6.44. The number of hydrogen-bond acceptors (Lipinski definition) is 3. The van der Waals surface area contributed by atoms with Gasteiger partial charge in [-0.1, -0.05) is 19.9 Å². The quantitative estimate of drug-likeness (QED) is 0.891. The van der Waals surface area contributed by atoms with Gasteiger partial charge in [0.25, 0.3) is 0 Å². The Morgan fingerprint density at radius 3 is 2.83 bits per heavy atom. The minimum absolute atomic E-state index is 0.315. The second-order valence-electron chi connectivity index (χ2n) is 5.60. The van der Waals surface area contributed by atoms with Crippen LogP contribution >= 0.6 is 0 Å². The minimum atomic E-state index is -0.501. The van der Waals surface area contributed by atoms with E-state index < -0.39 is 5.60 Å². The van der Waals surface area contributed by atoms with Gasteiger partial charge in [-0.15, -0.1) is 0 Å². The summed E-state index contributed by atoms with van der Waals surface area (Å²) < 4.78 is 2.03. The third kappa shape index (κ3) is 1.91. The van der Waals surface area contributed by atoms with Crippen LogP contribution in [0.3, 0.4) is 0 Å². The van der Waals surface area contributed by atoms with Crippen molar-refractivity contribution in [2.75, 3.05) is 13.1 Å². The van der Waals surface area contributed by atoms with E-state index in [0.717, 1.165) is 31.0 Å². The van der Waals surface area contributed by atoms with Gasteiger partial charge in [-0.3, -0.25) is 4.90 Å². The van der Waals surface area contributed by atoms with Gasteiger partial charge < -0.3 is 9.51 Å². The zero-order chi connectivity index (χ0) is 12.8. The van der Waals surface area contributed by atoms with Gasteiger partial charge in [0.05, 0.1) is 11.3 Å². The molecule has 2 aromatic heterocycles. The third-order valence-electron chi connectivity index (χ3n) is 3.87. The Morgan fingerprint density at radius 1 is 1.39 bits per heavy atom. The van der Waals surface area contributed by atoms with E-state index in [-0.39, 0.29) is 0 Å². The molecule has 1 fully saturated rings. The first-order valence-electron chi connectivity index (χ1n) is 6.44. The number of likely N-dealkylation sites (tertiary alicyclic amines) is 1. The number of hydrogen-bond donors (Lipinski definition) is 1. The number of β-amino-alcohol motifs (C(OH)–C–C–N with tert-alkyl or cyclic N) is 1. The van der Waals surface area contributed by atoms with Crippen molar-refractivity contribution in [1.82, 2.24) is 14.3 Å². The van der Waals surface area contributed by atoms with Gasteiger partial charge in [-0.2, -0.15) is 0 Å². The molecular weight excluding hydrogens is 226 g/mol. The van der Waals surface area contributed by atoms with E-state index in [0.29, 0.717) is 5.92 Å². The lowest BCUT2D eigenvalue weighted by molar-refractivity contribution is -0.131. The topological polar surface area (TPSA) is 40.8 Å². The molecule has 0 saturated carbocycles. The van der Waals surface area contributed by atoms with Crippen molar-refractivity contribution in [3.05, 3.63) is 36.3 Å². The fourth-order valence-electron chi connectivity index (χ4n) is 2.50. The van der Waals surface area contributed by atoms with E-state index in [9.17, 15) is 5.11 Å². The van der Waals surface area contributed by atoms with Gasteiger partial charge >= 0.3 is 0 Å². The van der Waals surface area contributed by atoms with Crippen molar-refractivity contribution < 1.29 is 5.11 Å². The molecule has 4 nitrogen and oxygen atoms in total. The van der Waals surface area contributed by atoms with E-state index >= 15 is 0 Å². The van der Waals surface area contributed by atoms with Gasteiger partial charge in [0.2, 0.25) is 0 Å². The molecule has 0 unspecified atom stereocenters. The van der Waals surface area contributed by atoms with Gasteiger partial charge in [-0.05, 0) is 18.1 Å². The molecular formula is C14H19N3O. The molecule has 1 aliphatic rings. The predicted octanol–water partition coefficient (Wildman–Crippen LogP) is 1.54. The third-order valence-corrected chi connectivity index (χ3v) is 3.87. The number of fused-ring (bicyclic) bond motifs is 1. The fraction of sp³-hybridized carbons (Fsp3) is 0.500. The monoisotopic (exact) mass is 245 g/mol. The highest BCUT2D eigenvalue weighted by Gasteiger charge is 2.43. The maximum absolute atomic E-state index is 10.2. The van der Waals surface area contributed by atoms with Crippen LogP contribution in [0, 0.1) is 5.92 Å². The molecule has 4 heteroatoms. The van der Waals surface area contributed by atoms with Crippen LogP contribution < -0.4 is 0 Å². The standard InChI is InChI=1S/C14H19N3O/c1-11(2)14(18)9-16(10-14)7-12-8-17-6-4-3-5-13(17)15-12/h3-6,8,11,18H,7,9-10H2,1-2H3. The van der Waals surface area contributed by atoms with Crippen molar-refractivity contribution in [2.45, 2.75) is 26.0 Å². The SMILES string of the molecule is CC(C)C1(O)CN(Cc2cn3ccccc3n2)C1. The molecule has 3 heterocycles. The summed E-state index contributed by atoms with van der Waals surface area (Å²) in [6, 6.07) is 6.00. The van der Waals surface area contributed by atoms with Crippen LogP contribution in [0.1, 0.15) is 19.5 Å². The Balaban J connectivity index is 1.68. The van der Waals surface area contributed by atoms with Gasteiger partial charge in [0.1, 0.15) is 5.65 Å². The highest BCUT2D eigenvalue weighted by atomic mass is 16.3. The maximum atomic E-state index is 10.2. The first-order chi connectivity index (χ1) is 8.57. The molecule has 0 bridgehead atoms. The van der Waals surface area contributed by atoms with Crippen LogP contribution in [0.25, 0.3) is 5.65 Å². The van der Waals surface area contributed by atoms with Crippen LogP contribution in [0.4, 0.5) is 0 Å². The number of pyridine rings is 1. The molecule has 1 N–H and O–H groups in total. The van der Waals surface area contributed by atoms with E-state index in [1.807, 2.05) is 28.8 Å². The lowest BCUT2D eigenvalue weighted by Crippen LogP contribution is -2.63. The maximum Gasteiger partial charge on any atom is 0.137 e. The lowest BCUT2D eigenvalue weighted by atomic mass is 9.83. The summed E-state index contributed by atoms with van der Waals surface area (Å²) in [5.41, 5.74) is 1.54. The normalized spacial score (nSPS) is 19.3. The van der Waals surface area contributed by atoms with Crippen LogP contribution in [-0.2, 0) is 6.54 Å². The van der Waals surface area contributed by atoms with Crippen molar-refractivity contribution in [3.8, 4) is 0 Å². The number of aliphatic hydroxyl groups is 1. The second kappa shape index (κ2) is 4.07. The summed E-state index contributed by atoms with van der Waals surface area (Å²) in [6.45, 7) is 6.46. The summed E-state index contributed by atoms with van der Waals surface area (Å²) in [7, 11) is 0. The van der Waals surface area contributed by atoms with Crippen LogP contribution in [-0.4, -0.2) is 38.1 Å². The Hall–Kier alpha value is -1.39. The van der Waals surface area contributed by atoms with E-state index in [4.69, 9.17) is 0 Å². The molecule has 18 heavy (non-hydrogen) atoms. The molecule has 0 radical (unpaired) electrons. The van der Waals surface area contributed by atoms with Crippen molar-refractivity contribution in [1.29, 1.82) is 0 Å². The zero-order valence-corrected chi connectivity index (χ0v) is 10.9. The zero-order valence-electron chi connectivity index (χ0n) is 10.9. The lowest BCUT2D eigenvalue weighted by Gasteiger charge is -2.48. The van der Waals surface area contributed by atoms with E-state index in [2.05, 4.69) is 29.9 Å². The van der Waals surface area contributed by atoms with E-state index in [1.54, 1.807) is 0 Å².